The quantitative estimate of drug-likeness (QED) is 0.387. The summed E-state index contributed by atoms with van der Waals surface area (Å²) in [6.45, 7) is 0. The van der Waals surface area contributed by atoms with Crippen molar-refractivity contribution in [3.63, 3.8) is 0 Å². The lowest BCUT2D eigenvalue weighted by Gasteiger charge is -1.94. The molecular formula is C17H9BrIN3OS. The van der Waals surface area contributed by atoms with Crippen LogP contribution in [-0.2, 0) is 0 Å². The number of hydrogen-bond donors (Lipinski definition) is 0. The van der Waals surface area contributed by atoms with Crippen LogP contribution in [0.5, 0.6) is 0 Å². The number of thiazole rings is 1. The van der Waals surface area contributed by atoms with Crippen molar-refractivity contribution < 1.29 is 0 Å². The van der Waals surface area contributed by atoms with Gasteiger partial charge in [0.15, 0.2) is 5.82 Å². The van der Waals surface area contributed by atoms with Crippen LogP contribution in [0.25, 0.3) is 22.4 Å². The number of benzene rings is 2. The standard InChI is InChI=1S/C17H9BrIN3OS/c18-12-5-3-11(4-6-12)15-20-17-22(21-15)16(23)14(24-17)9-10-1-7-13(19)8-2-10/h1-9H/b14-9-. The second kappa shape index (κ2) is 6.38. The third kappa shape index (κ3) is 3.03. The Bertz CT molecular complexity index is 1130. The highest BCUT2D eigenvalue weighted by atomic mass is 127. The molecule has 0 N–H and O–H groups in total. The average molecular weight is 510 g/mol. The normalized spacial score (nSPS) is 12.2. The highest BCUT2D eigenvalue weighted by Crippen LogP contribution is 2.19. The summed E-state index contributed by atoms with van der Waals surface area (Å²) in [4.78, 5) is 17.6. The summed E-state index contributed by atoms with van der Waals surface area (Å²) in [6.07, 6.45) is 1.87. The number of rotatable bonds is 2. The van der Waals surface area contributed by atoms with Gasteiger partial charge in [0.25, 0.3) is 5.56 Å². The molecule has 2 aromatic heterocycles. The van der Waals surface area contributed by atoms with Crippen molar-refractivity contribution in [2.45, 2.75) is 0 Å². The largest absolute Gasteiger partial charge is 0.291 e. The summed E-state index contributed by atoms with van der Waals surface area (Å²) in [5, 5.41) is 4.36. The molecule has 0 unspecified atom stereocenters. The SMILES string of the molecule is O=c1/c(=C/c2ccc(I)cc2)sc2nc(-c3ccc(Br)cc3)nn12. The van der Waals surface area contributed by atoms with Crippen molar-refractivity contribution >= 4 is 60.9 Å². The van der Waals surface area contributed by atoms with Crippen molar-refractivity contribution in [1.82, 2.24) is 14.6 Å². The molecule has 0 aliphatic heterocycles. The molecule has 0 saturated carbocycles. The summed E-state index contributed by atoms with van der Waals surface area (Å²) in [7, 11) is 0. The molecule has 4 aromatic rings. The first-order chi connectivity index (χ1) is 11.6. The zero-order chi connectivity index (χ0) is 16.7. The topological polar surface area (TPSA) is 47.3 Å². The maximum atomic E-state index is 12.5. The number of hydrogen-bond acceptors (Lipinski definition) is 4. The van der Waals surface area contributed by atoms with Gasteiger partial charge in [-0.05, 0) is 58.5 Å². The Balaban J connectivity index is 1.79. The van der Waals surface area contributed by atoms with Gasteiger partial charge in [-0.1, -0.05) is 51.5 Å². The summed E-state index contributed by atoms with van der Waals surface area (Å²) in [6, 6.07) is 15.7. The van der Waals surface area contributed by atoms with Gasteiger partial charge in [-0.2, -0.15) is 9.50 Å². The minimum absolute atomic E-state index is 0.135. The fourth-order valence-electron chi connectivity index (χ4n) is 2.27. The van der Waals surface area contributed by atoms with Crippen LogP contribution in [0.3, 0.4) is 0 Å². The molecule has 0 saturated heterocycles. The van der Waals surface area contributed by atoms with Gasteiger partial charge < -0.3 is 0 Å². The molecule has 24 heavy (non-hydrogen) atoms. The Morgan fingerprint density at radius 1 is 1.08 bits per heavy atom. The molecule has 4 rings (SSSR count). The van der Waals surface area contributed by atoms with E-state index in [4.69, 9.17) is 0 Å². The first-order valence-electron chi connectivity index (χ1n) is 7.03. The minimum atomic E-state index is -0.135. The van der Waals surface area contributed by atoms with Crippen molar-refractivity contribution in [3.8, 4) is 11.4 Å². The number of aromatic nitrogens is 3. The van der Waals surface area contributed by atoms with Crippen LogP contribution in [0, 0.1) is 3.57 Å². The van der Waals surface area contributed by atoms with Crippen LogP contribution >= 0.6 is 49.9 Å². The van der Waals surface area contributed by atoms with E-state index in [2.05, 4.69) is 48.6 Å². The summed E-state index contributed by atoms with van der Waals surface area (Å²) in [5.41, 5.74) is 1.74. The molecule has 2 heterocycles. The molecule has 0 aliphatic rings. The molecule has 0 radical (unpaired) electrons. The van der Waals surface area contributed by atoms with Crippen molar-refractivity contribution in [3.05, 3.63) is 77.0 Å². The van der Waals surface area contributed by atoms with Crippen LogP contribution in [0.1, 0.15) is 5.56 Å². The van der Waals surface area contributed by atoms with E-state index < -0.39 is 0 Å². The summed E-state index contributed by atoms with van der Waals surface area (Å²) >= 11 is 7.01. The minimum Gasteiger partial charge on any atom is -0.266 e. The molecule has 2 aromatic carbocycles. The van der Waals surface area contributed by atoms with Gasteiger partial charge in [-0.3, -0.25) is 4.79 Å². The molecular weight excluding hydrogens is 501 g/mol. The van der Waals surface area contributed by atoms with Crippen molar-refractivity contribution in [2.24, 2.45) is 0 Å². The predicted molar refractivity (Wildman–Crippen MR) is 108 cm³/mol. The molecule has 0 fully saturated rings. The third-order valence-electron chi connectivity index (χ3n) is 3.45. The lowest BCUT2D eigenvalue weighted by Crippen LogP contribution is -2.23. The molecule has 0 atom stereocenters. The predicted octanol–water partition coefficient (Wildman–Crippen LogP) is 3.73. The van der Waals surface area contributed by atoms with E-state index in [1.54, 1.807) is 0 Å². The first kappa shape index (κ1) is 15.9. The first-order valence-corrected chi connectivity index (χ1v) is 9.72. The van der Waals surface area contributed by atoms with E-state index in [9.17, 15) is 4.79 Å². The number of fused-ring (bicyclic) bond motifs is 1. The fraction of sp³-hybridized carbons (Fsp3) is 0. The second-order valence-corrected chi connectivity index (χ2v) is 8.27. The third-order valence-corrected chi connectivity index (χ3v) is 5.66. The smallest absolute Gasteiger partial charge is 0.266 e. The number of nitrogens with zero attached hydrogens (tertiary/aromatic N) is 3. The zero-order valence-corrected chi connectivity index (χ0v) is 16.7. The van der Waals surface area contributed by atoms with E-state index in [-0.39, 0.29) is 5.56 Å². The van der Waals surface area contributed by atoms with Gasteiger partial charge >= 0.3 is 0 Å². The van der Waals surface area contributed by atoms with E-state index in [1.165, 1.54) is 15.9 Å². The van der Waals surface area contributed by atoms with Gasteiger partial charge in [0.1, 0.15) is 0 Å². The van der Waals surface area contributed by atoms with E-state index in [1.807, 2.05) is 54.6 Å². The van der Waals surface area contributed by atoms with Crippen LogP contribution in [-0.4, -0.2) is 14.6 Å². The zero-order valence-electron chi connectivity index (χ0n) is 12.1. The van der Waals surface area contributed by atoms with E-state index >= 15 is 0 Å². The highest BCUT2D eigenvalue weighted by molar-refractivity contribution is 14.1. The Morgan fingerprint density at radius 3 is 2.46 bits per heavy atom. The van der Waals surface area contributed by atoms with E-state index in [0.29, 0.717) is 15.3 Å². The Morgan fingerprint density at radius 2 is 1.79 bits per heavy atom. The van der Waals surface area contributed by atoms with Crippen molar-refractivity contribution in [1.29, 1.82) is 0 Å². The summed E-state index contributed by atoms with van der Waals surface area (Å²) < 4.78 is 4.16. The molecule has 4 nitrogen and oxygen atoms in total. The maximum Gasteiger partial charge on any atom is 0.291 e. The van der Waals surface area contributed by atoms with Crippen molar-refractivity contribution in [2.75, 3.05) is 0 Å². The van der Waals surface area contributed by atoms with Crippen LogP contribution < -0.4 is 10.1 Å². The Kier molecular flexibility index (Phi) is 4.23. The van der Waals surface area contributed by atoms with Crippen LogP contribution in [0.4, 0.5) is 0 Å². The fourth-order valence-corrected chi connectivity index (χ4v) is 3.80. The molecule has 7 heteroatoms. The van der Waals surface area contributed by atoms with Gasteiger partial charge in [0, 0.05) is 13.6 Å². The molecule has 118 valence electrons. The summed E-state index contributed by atoms with van der Waals surface area (Å²) in [5.74, 6) is 0.562. The molecule has 0 amide bonds. The van der Waals surface area contributed by atoms with Gasteiger partial charge in [-0.15, -0.1) is 5.10 Å². The highest BCUT2D eigenvalue weighted by Gasteiger charge is 2.11. The van der Waals surface area contributed by atoms with Gasteiger partial charge in [0.2, 0.25) is 4.96 Å². The Hall–Kier alpha value is -1.58. The maximum absolute atomic E-state index is 12.5. The van der Waals surface area contributed by atoms with Gasteiger partial charge in [-0.25, -0.2) is 0 Å². The lowest BCUT2D eigenvalue weighted by atomic mass is 10.2. The Labute approximate surface area is 163 Å². The lowest BCUT2D eigenvalue weighted by molar-refractivity contribution is 0.937. The van der Waals surface area contributed by atoms with Crippen LogP contribution in [0.15, 0.2) is 57.8 Å². The number of halogens is 2. The van der Waals surface area contributed by atoms with E-state index in [0.717, 1.165) is 19.2 Å². The molecule has 0 aliphatic carbocycles. The monoisotopic (exact) mass is 509 g/mol. The average Bonchev–Trinajstić information content (AvgIpc) is 3.11. The second-order valence-electron chi connectivity index (χ2n) is 5.10. The molecule has 0 bridgehead atoms. The van der Waals surface area contributed by atoms with Crippen LogP contribution in [0.2, 0.25) is 0 Å². The van der Waals surface area contributed by atoms with Gasteiger partial charge in [0.05, 0.1) is 4.53 Å². The molecule has 0 spiro atoms.